The van der Waals surface area contributed by atoms with Crippen LogP contribution in [0, 0.1) is 18.8 Å². The van der Waals surface area contributed by atoms with Crippen LogP contribution in [0.1, 0.15) is 31.0 Å². The minimum absolute atomic E-state index is 0.311. The Morgan fingerprint density at radius 1 is 1.26 bits per heavy atom. The van der Waals surface area contributed by atoms with Crippen LogP contribution in [0.5, 0.6) is 0 Å². The van der Waals surface area contributed by atoms with Crippen molar-refractivity contribution in [2.24, 2.45) is 11.8 Å². The third-order valence-electron chi connectivity index (χ3n) is 5.60. The van der Waals surface area contributed by atoms with Gasteiger partial charge in [0.15, 0.2) is 0 Å². The molecule has 9 nitrogen and oxygen atoms in total. The van der Waals surface area contributed by atoms with Crippen LogP contribution in [0.15, 0.2) is 18.6 Å². The molecule has 4 rings (SSSR count). The van der Waals surface area contributed by atoms with Crippen molar-refractivity contribution in [1.82, 2.24) is 19.6 Å². The van der Waals surface area contributed by atoms with E-state index < -0.39 is 17.8 Å². The lowest BCUT2D eigenvalue weighted by molar-refractivity contribution is -0.147. The van der Waals surface area contributed by atoms with Crippen molar-refractivity contribution < 1.29 is 19.4 Å². The van der Waals surface area contributed by atoms with Gasteiger partial charge in [0, 0.05) is 24.0 Å². The summed E-state index contributed by atoms with van der Waals surface area (Å²) in [6, 6.07) is 0. The molecule has 2 bridgehead atoms. The maximum absolute atomic E-state index is 12.7. The smallest absolute Gasteiger partial charge is 0.310 e. The molecule has 0 spiro atoms. The standard InChI is InChI=1S/C18H23N5O4/c1-3-23-10(2)11(6-20-23)8-22-9-12(7-19-22)21-17(24)15-13-4-5-14(27-13)16(15)18(25)26/h6-7,9,13-16H,3-5,8H2,1-2H3,(H,21,24)(H,25,26). The number of carbonyl (C=O) groups excluding carboxylic acids is 1. The van der Waals surface area contributed by atoms with Crippen molar-refractivity contribution in [1.29, 1.82) is 0 Å². The molecule has 4 atom stereocenters. The highest BCUT2D eigenvalue weighted by Gasteiger charge is 2.55. The Kier molecular flexibility index (Phi) is 4.47. The normalized spacial score (nSPS) is 26.4. The maximum atomic E-state index is 12.7. The van der Waals surface area contributed by atoms with E-state index in [1.807, 2.05) is 24.7 Å². The summed E-state index contributed by atoms with van der Waals surface area (Å²) < 4.78 is 9.30. The molecule has 27 heavy (non-hydrogen) atoms. The van der Waals surface area contributed by atoms with Crippen LogP contribution in [0.3, 0.4) is 0 Å². The van der Waals surface area contributed by atoms with Crippen LogP contribution in [0.25, 0.3) is 0 Å². The summed E-state index contributed by atoms with van der Waals surface area (Å²) in [6.07, 6.45) is 5.90. The minimum atomic E-state index is -0.971. The molecule has 0 aliphatic carbocycles. The van der Waals surface area contributed by atoms with Gasteiger partial charge in [-0.25, -0.2) is 0 Å². The van der Waals surface area contributed by atoms with Gasteiger partial charge in [-0.3, -0.25) is 19.0 Å². The number of nitrogens with one attached hydrogen (secondary N) is 1. The van der Waals surface area contributed by atoms with Gasteiger partial charge in [0.2, 0.25) is 5.91 Å². The fourth-order valence-electron chi connectivity index (χ4n) is 4.20. The van der Waals surface area contributed by atoms with E-state index >= 15 is 0 Å². The van der Waals surface area contributed by atoms with E-state index in [4.69, 9.17) is 4.74 Å². The number of carboxylic acid groups (broad SMARTS) is 1. The number of rotatable bonds is 6. The molecule has 2 aromatic heterocycles. The number of anilines is 1. The summed E-state index contributed by atoms with van der Waals surface area (Å²) in [5.41, 5.74) is 2.69. The average molecular weight is 373 g/mol. The van der Waals surface area contributed by atoms with E-state index in [0.717, 1.165) is 24.2 Å². The van der Waals surface area contributed by atoms with Gasteiger partial charge in [-0.05, 0) is 26.7 Å². The van der Waals surface area contributed by atoms with Crippen LogP contribution in [-0.2, 0) is 27.4 Å². The topological polar surface area (TPSA) is 111 Å². The number of fused-ring (bicyclic) bond motifs is 2. The molecule has 4 heterocycles. The van der Waals surface area contributed by atoms with E-state index in [1.54, 1.807) is 17.1 Å². The lowest BCUT2D eigenvalue weighted by atomic mass is 9.78. The highest BCUT2D eigenvalue weighted by Crippen LogP contribution is 2.44. The van der Waals surface area contributed by atoms with Gasteiger partial charge < -0.3 is 15.2 Å². The third kappa shape index (κ3) is 3.12. The number of ether oxygens (including phenoxy) is 1. The Morgan fingerprint density at radius 3 is 2.67 bits per heavy atom. The number of aryl methyl sites for hydroxylation is 1. The molecule has 0 saturated carbocycles. The average Bonchev–Trinajstić information content (AvgIpc) is 3.40. The summed E-state index contributed by atoms with van der Waals surface area (Å²) in [5.74, 6) is -2.72. The van der Waals surface area contributed by atoms with E-state index in [9.17, 15) is 14.7 Å². The van der Waals surface area contributed by atoms with Crippen LogP contribution < -0.4 is 5.32 Å². The summed E-state index contributed by atoms with van der Waals surface area (Å²) in [6.45, 7) is 5.41. The van der Waals surface area contributed by atoms with Gasteiger partial charge in [0.05, 0.1) is 48.7 Å². The summed E-state index contributed by atoms with van der Waals surface area (Å²) in [5, 5.41) is 20.9. The Morgan fingerprint density at radius 2 is 2.00 bits per heavy atom. The number of carbonyl (C=O) groups is 2. The van der Waals surface area contributed by atoms with Crippen molar-refractivity contribution in [2.45, 2.75) is 52.0 Å². The van der Waals surface area contributed by atoms with Gasteiger partial charge in [0.25, 0.3) is 0 Å². The van der Waals surface area contributed by atoms with Gasteiger partial charge in [0.1, 0.15) is 0 Å². The zero-order valence-electron chi connectivity index (χ0n) is 15.3. The summed E-state index contributed by atoms with van der Waals surface area (Å²) >= 11 is 0. The molecule has 2 N–H and O–H groups in total. The number of nitrogens with zero attached hydrogens (tertiary/aromatic N) is 4. The fraction of sp³-hybridized carbons (Fsp3) is 0.556. The van der Waals surface area contributed by atoms with Gasteiger partial charge in [-0.1, -0.05) is 0 Å². The Labute approximate surface area is 156 Å². The van der Waals surface area contributed by atoms with Crippen LogP contribution in [0.2, 0.25) is 0 Å². The van der Waals surface area contributed by atoms with E-state index in [2.05, 4.69) is 15.5 Å². The molecule has 4 unspecified atom stereocenters. The van der Waals surface area contributed by atoms with E-state index in [1.165, 1.54) is 0 Å². The lowest BCUT2D eigenvalue weighted by Gasteiger charge is -2.23. The second-order valence-corrected chi connectivity index (χ2v) is 7.17. The largest absolute Gasteiger partial charge is 0.481 e. The first-order valence-electron chi connectivity index (χ1n) is 9.20. The first-order valence-corrected chi connectivity index (χ1v) is 9.20. The van der Waals surface area contributed by atoms with Crippen molar-refractivity contribution in [2.75, 3.05) is 5.32 Å². The second kappa shape index (κ2) is 6.80. The number of hydrogen-bond donors (Lipinski definition) is 2. The molecular weight excluding hydrogens is 350 g/mol. The van der Waals surface area contributed by atoms with Crippen LogP contribution in [-0.4, -0.2) is 48.8 Å². The van der Waals surface area contributed by atoms with Gasteiger partial charge in [-0.2, -0.15) is 10.2 Å². The van der Waals surface area contributed by atoms with Crippen molar-refractivity contribution in [3.8, 4) is 0 Å². The molecule has 9 heteroatoms. The number of carboxylic acids is 1. The molecule has 1 amide bonds. The first kappa shape index (κ1) is 17.7. The molecule has 2 aliphatic heterocycles. The molecular formula is C18H23N5O4. The predicted molar refractivity (Wildman–Crippen MR) is 95.1 cm³/mol. The van der Waals surface area contributed by atoms with Crippen molar-refractivity contribution in [3.05, 3.63) is 29.8 Å². The Bertz CT molecular complexity index is 873. The summed E-state index contributed by atoms with van der Waals surface area (Å²) in [7, 11) is 0. The number of amides is 1. The molecule has 144 valence electrons. The molecule has 0 aromatic carbocycles. The van der Waals surface area contributed by atoms with Crippen molar-refractivity contribution in [3.63, 3.8) is 0 Å². The quantitative estimate of drug-likeness (QED) is 0.789. The highest BCUT2D eigenvalue weighted by atomic mass is 16.5. The Hall–Kier alpha value is -2.68. The van der Waals surface area contributed by atoms with Crippen LogP contribution in [0.4, 0.5) is 5.69 Å². The molecule has 2 aromatic rings. The third-order valence-corrected chi connectivity index (χ3v) is 5.60. The molecule has 2 fully saturated rings. The maximum Gasteiger partial charge on any atom is 0.310 e. The van der Waals surface area contributed by atoms with E-state index in [-0.39, 0.29) is 18.1 Å². The van der Waals surface area contributed by atoms with Gasteiger partial charge in [-0.15, -0.1) is 0 Å². The lowest BCUT2D eigenvalue weighted by Crippen LogP contribution is -2.40. The number of aliphatic carboxylic acids is 1. The zero-order valence-corrected chi connectivity index (χ0v) is 15.3. The second-order valence-electron chi connectivity index (χ2n) is 7.17. The molecule has 2 aliphatic rings. The number of hydrogen-bond acceptors (Lipinski definition) is 5. The van der Waals surface area contributed by atoms with E-state index in [0.29, 0.717) is 18.7 Å². The zero-order chi connectivity index (χ0) is 19.1. The SMILES string of the molecule is CCn1ncc(Cn2cc(NC(=O)C3C4CCC(O4)C3C(=O)O)cn2)c1C. The minimum Gasteiger partial charge on any atom is -0.481 e. The van der Waals surface area contributed by atoms with Crippen molar-refractivity contribution >= 4 is 17.6 Å². The first-order chi connectivity index (χ1) is 13.0. The Balaban J connectivity index is 1.44. The summed E-state index contributed by atoms with van der Waals surface area (Å²) in [4.78, 5) is 24.2. The molecule has 2 saturated heterocycles. The fourth-order valence-corrected chi connectivity index (χ4v) is 4.20. The van der Waals surface area contributed by atoms with Gasteiger partial charge >= 0.3 is 5.97 Å². The highest BCUT2D eigenvalue weighted by molar-refractivity contribution is 5.96. The monoisotopic (exact) mass is 373 g/mol. The van der Waals surface area contributed by atoms with Crippen LogP contribution >= 0.6 is 0 Å². The molecule has 0 radical (unpaired) electrons. The predicted octanol–water partition coefficient (Wildman–Crippen LogP) is 1.27. The number of aromatic nitrogens is 4.